The Morgan fingerprint density at radius 1 is 1.32 bits per heavy atom. The molecule has 0 heterocycles. The lowest BCUT2D eigenvalue weighted by atomic mass is 9.97. The molecule has 9 nitrogen and oxygen atoms in total. The summed E-state index contributed by atoms with van der Waals surface area (Å²) in [5, 5.41) is 14.9. The molecule has 2 aromatic carbocycles. The fourth-order valence-corrected chi connectivity index (χ4v) is 2.83. The molecule has 31 heavy (non-hydrogen) atoms. The summed E-state index contributed by atoms with van der Waals surface area (Å²) < 4.78 is 5.51. The van der Waals surface area contributed by atoms with Crippen LogP contribution in [0, 0.1) is 10.1 Å². The summed E-state index contributed by atoms with van der Waals surface area (Å²) in [6.45, 7) is 1.94. The summed E-state index contributed by atoms with van der Waals surface area (Å²) in [5.41, 5.74) is 0.965. The first-order valence-electron chi connectivity index (χ1n) is 9.45. The van der Waals surface area contributed by atoms with Gasteiger partial charge in [0.25, 0.3) is 5.69 Å². The van der Waals surface area contributed by atoms with Crippen molar-refractivity contribution in [3.8, 4) is 5.75 Å². The molecule has 1 unspecified atom stereocenters. The highest BCUT2D eigenvalue weighted by Gasteiger charge is 2.24. The number of nitrogens with one attached hydrogen (secondary N) is 1. The van der Waals surface area contributed by atoms with Gasteiger partial charge in [0.1, 0.15) is 5.75 Å². The zero-order valence-corrected chi connectivity index (χ0v) is 18.5. The fourth-order valence-electron chi connectivity index (χ4n) is 2.65. The Labute approximate surface area is 185 Å². The van der Waals surface area contributed by atoms with Crippen LogP contribution in [0.1, 0.15) is 30.5 Å². The van der Waals surface area contributed by atoms with Crippen molar-refractivity contribution in [3.05, 3.63) is 68.7 Å². The number of amides is 1. The Bertz CT molecular complexity index is 1010. The number of rotatable bonds is 6. The maximum atomic E-state index is 12.2. The molecular weight excluding hydrogens is 422 g/mol. The zero-order chi connectivity index (χ0) is 23.0. The Morgan fingerprint density at radius 3 is 2.68 bits per heavy atom. The van der Waals surface area contributed by atoms with Crippen LogP contribution in [0.3, 0.4) is 0 Å². The topological polar surface area (TPSA) is 109 Å². The lowest BCUT2D eigenvalue weighted by Crippen LogP contribution is -2.30. The Hall–Kier alpha value is -3.46. The van der Waals surface area contributed by atoms with E-state index in [1.807, 2.05) is 6.92 Å². The second-order valence-corrected chi connectivity index (χ2v) is 7.08. The standard InChI is InChI=1S/C21H24ClN5O4/c1-5-11-24-20(23-2)25-19(14-7-6-8-16(12-14)27(29)30)17-13-15(22)9-10-18(17)31-21(28)26(3)4/h6-13,19H,5H2,1-4H3,(H,23,25)/b24-11-. The second kappa shape index (κ2) is 11.1. The average Bonchev–Trinajstić information content (AvgIpc) is 2.75. The first-order chi connectivity index (χ1) is 14.8. The van der Waals surface area contributed by atoms with Gasteiger partial charge in [0, 0.05) is 50.1 Å². The maximum absolute atomic E-state index is 12.2. The number of halogens is 1. The molecule has 0 fully saturated rings. The van der Waals surface area contributed by atoms with Gasteiger partial charge in [0.2, 0.25) is 5.96 Å². The Morgan fingerprint density at radius 2 is 2.06 bits per heavy atom. The van der Waals surface area contributed by atoms with Gasteiger partial charge in [-0.15, -0.1) is 0 Å². The highest BCUT2D eigenvalue weighted by molar-refractivity contribution is 6.30. The molecule has 0 radical (unpaired) electrons. The molecule has 1 atom stereocenters. The highest BCUT2D eigenvalue weighted by atomic mass is 35.5. The van der Waals surface area contributed by atoms with Crippen LogP contribution in [0.15, 0.2) is 52.4 Å². The molecule has 0 bridgehead atoms. The van der Waals surface area contributed by atoms with Crippen molar-refractivity contribution in [2.45, 2.75) is 19.4 Å². The van der Waals surface area contributed by atoms with Crippen molar-refractivity contribution in [2.75, 3.05) is 21.1 Å². The summed E-state index contributed by atoms with van der Waals surface area (Å²) >= 11 is 6.24. The Balaban J connectivity index is 2.63. The second-order valence-electron chi connectivity index (χ2n) is 6.64. The van der Waals surface area contributed by atoms with Gasteiger partial charge in [-0.2, -0.15) is 0 Å². The molecule has 1 amide bonds. The van der Waals surface area contributed by atoms with E-state index in [9.17, 15) is 14.9 Å². The molecule has 0 aliphatic rings. The molecule has 2 aromatic rings. The first kappa shape index (κ1) is 23.8. The van der Waals surface area contributed by atoms with E-state index in [0.29, 0.717) is 28.5 Å². The van der Waals surface area contributed by atoms with Gasteiger partial charge in [0.15, 0.2) is 0 Å². The summed E-state index contributed by atoms with van der Waals surface area (Å²) in [6, 6.07) is 10.3. The Kier molecular flexibility index (Phi) is 8.51. The molecule has 0 saturated carbocycles. The summed E-state index contributed by atoms with van der Waals surface area (Å²) in [4.78, 5) is 32.7. The number of carbonyl (C=O) groups excluding carboxylic acids is 1. The third-order valence-corrected chi connectivity index (χ3v) is 4.38. The van der Waals surface area contributed by atoms with Crippen LogP contribution < -0.4 is 10.1 Å². The predicted molar refractivity (Wildman–Crippen MR) is 121 cm³/mol. The number of nitro benzene ring substituents is 1. The minimum atomic E-state index is -0.684. The number of hydrogen-bond acceptors (Lipinski definition) is 5. The third-order valence-electron chi connectivity index (χ3n) is 4.14. The number of guanidine groups is 1. The molecule has 164 valence electrons. The van der Waals surface area contributed by atoms with E-state index in [1.165, 1.54) is 17.0 Å². The summed E-state index contributed by atoms with van der Waals surface area (Å²) in [6.07, 6.45) is 1.81. The molecular formula is C21H24ClN5O4. The van der Waals surface area contributed by atoms with Crippen molar-refractivity contribution >= 4 is 35.6 Å². The molecule has 0 saturated heterocycles. The van der Waals surface area contributed by atoms with E-state index in [1.54, 1.807) is 57.7 Å². The van der Waals surface area contributed by atoms with E-state index in [0.717, 1.165) is 0 Å². The molecule has 1 N–H and O–H groups in total. The third kappa shape index (κ3) is 6.51. The predicted octanol–water partition coefficient (Wildman–Crippen LogP) is 4.45. The van der Waals surface area contributed by atoms with Gasteiger partial charge >= 0.3 is 6.09 Å². The van der Waals surface area contributed by atoms with Crippen LogP contribution in [-0.2, 0) is 0 Å². The maximum Gasteiger partial charge on any atom is 0.414 e. The van der Waals surface area contributed by atoms with Crippen molar-refractivity contribution in [3.63, 3.8) is 0 Å². The van der Waals surface area contributed by atoms with E-state index >= 15 is 0 Å². The number of benzene rings is 2. The number of ether oxygens (including phenoxy) is 1. The molecule has 0 aromatic heterocycles. The van der Waals surface area contributed by atoms with Gasteiger partial charge in [-0.1, -0.05) is 30.7 Å². The van der Waals surface area contributed by atoms with Crippen molar-refractivity contribution < 1.29 is 14.5 Å². The van der Waals surface area contributed by atoms with Crippen molar-refractivity contribution in [1.82, 2.24) is 10.2 Å². The largest absolute Gasteiger partial charge is 0.414 e. The monoisotopic (exact) mass is 445 g/mol. The molecule has 2 rings (SSSR count). The lowest BCUT2D eigenvalue weighted by molar-refractivity contribution is -0.384. The van der Waals surface area contributed by atoms with Gasteiger partial charge < -0.3 is 15.0 Å². The summed E-state index contributed by atoms with van der Waals surface area (Å²) in [5.74, 6) is 0.560. The number of nitro groups is 1. The van der Waals surface area contributed by atoms with Crippen molar-refractivity contribution in [2.24, 2.45) is 9.98 Å². The van der Waals surface area contributed by atoms with E-state index in [-0.39, 0.29) is 11.4 Å². The molecule has 10 heteroatoms. The zero-order valence-electron chi connectivity index (χ0n) is 17.7. The fraction of sp³-hybridized carbons (Fsp3) is 0.286. The van der Waals surface area contributed by atoms with Crippen molar-refractivity contribution in [1.29, 1.82) is 0 Å². The number of nitrogens with zero attached hydrogens (tertiary/aromatic N) is 4. The summed E-state index contributed by atoms with van der Waals surface area (Å²) in [7, 11) is 4.70. The highest BCUT2D eigenvalue weighted by Crippen LogP contribution is 2.34. The number of carbonyl (C=O) groups is 1. The molecule has 0 aliphatic carbocycles. The van der Waals surface area contributed by atoms with Gasteiger partial charge in [-0.3, -0.25) is 15.1 Å². The van der Waals surface area contributed by atoms with Crippen LogP contribution in [0.2, 0.25) is 5.02 Å². The van der Waals surface area contributed by atoms with Crippen LogP contribution in [0.5, 0.6) is 5.75 Å². The minimum Gasteiger partial charge on any atom is -0.410 e. The van der Waals surface area contributed by atoms with Crippen LogP contribution in [-0.4, -0.2) is 49.2 Å². The van der Waals surface area contributed by atoms with Crippen LogP contribution >= 0.6 is 11.6 Å². The van der Waals surface area contributed by atoms with Gasteiger partial charge in [-0.25, -0.2) is 9.79 Å². The van der Waals surface area contributed by atoms with Crippen LogP contribution in [0.4, 0.5) is 10.5 Å². The lowest BCUT2D eigenvalue weighted by Gasteiger charge is -2.23. The number of aliphatic imine (C=N–C) groups is 2. The van der Waals surface area contributed by atoms with Gasteiger partial charge in [-0.05, 0) is 30.2 Å². The first-order valence-corrected chi connectivity index (χ1v) is 9.83. The smallest absolute Gasteiger partial charge is 0.410 e. The van der Waals surface area contributed by atoms with E-state index in [4.69, 9.17) is 16.3 Å². The van der Waals surface area contributed by atoms with E-state index < -0.39 is 17.1 Å². The SMILES string of the molecule is CC/C=N\C(=NC)NC(c1cccc([N+](=O)[O-])c1)c1cc(Cl)ccc1OC(=O)N(C)C. The molecule has 0 aliphatic heterocycles. The van der Waals surface area contributed by atoms with E-state index in [2.05, 4.69) is 15.3 Å². The molecule has 0 spiro atoms. The average molecular weight is 446 g/mol. The quantitative estimate of drug-likeness (QED) is 0.305. The minimum absolute atomic E-state index is 0.0785. The normalized spacial score (nSPS) is 12.5. The number of hydrogen-bond donors (Lipinski definition) is 1. The van der Waals surface area contributed by atoms with Gasteiger partial charge in [0.05, 0.1) is 11.0 Å². The van der Waals surface area contributed by atoms with Crippen LogP contribution in [0.25, 0.3) is 0 Å². The number of non-ortho nitro benzene ring substituents is 1.